The zero-order valence-corrected chi connectivity index (χ0v) is 12.6. The van der Waals surface area contributed by atoms with Crippen molar-refractivity contribution >= 4 is 34.1 Å². The van der Waals surface area contributed by atoms with Crippen molar-refractivity contribution in [3.05, 3.63) is 72.8 Å². The van der Waals surface area contributed by atoms with Crippen LogP contribution in [-0.4, -0.2) is 12.3 Å². The van der Waals surface area contributed by atoms with Gasteiger partial charge in [0.1, 0.15) is 0 Å². The summed E-state index contributed by atoms with van der Waals surface area (Å²) in [5.41, 5.74) is 2.35. The summed E-state index contributed by atoms with van der Waals surface area (Å²) in [5, 5.41) is 5.94. The Morgan fingerprint density at radius 1 is 0.762 bits per heavy atom. The molecular formula is C18H18N2S. The highest BCUT2D eigenvalue weighted by Crippen LogP contribution is 2.25. The number of anilines is 2. The van der Waals surface area contributed by atoms with Crippen LogP contribution in [0.1, 0.15) is 0 Å². The van der Waals surface area contributed by atoms with Crippen molar-refractivity contribution in [2.45, 2.75) is 0 Å². The molecule has 3 heteroatoms. The van der Waals surface area contributed by atoms with Gasteiger partial charge in [-0.15, -0.1) is 0 Å². The van der Waals surface area contributed by atoms with Gasteiger partial charge in [-0.3, -0.25) is 0 Å². The Kier molecular flexibility index (Phi) is 4.64. The molecule has 3 aromatic carbocycles. The topological polar surface area (TPSA) is 24.1 Å². The van der Waals surface area contributed by atoms with Gasteiger partial charge in [0.15, 0.2) is 0 Å². The lowest BCUT2D eigenvalue weighted by atomic mass is 10.1. The van der Waals surface area contributed by atoms with E-state index in [0.29, 0.717) is 0 Å². The summed E-state index contributed by atoms with van der Waals surface area (Å²) in [5.74, 6) is 0.998. The average molecular weight is 294 g/mol. The summed E-state index contributed by atoms with van der Waals surface area (Å²) in [4.78, 5) is 0. The first-order valence-corrected chi connectivity index (χ1v) is 8.06. The molecule has 0 spiro atoms. The van der Waals surface area contributed by atoms with Crippen LogP contribution in [0.15, 0.2) is 72.8 Å². The first-order valence-electron chi connectivity index (χ1n) is 7.08. The molecule has 0 aliphatic rings. The van der Waals surface area contributed by atoms with Gasteiger partial charge in [-0.2, -0.15) is 0 Å². The zero-order valence-electron chi connectivity index (χ0n) is 11.8. The number of hydrogen-bond acceptors (Lipinski definition) is 3. The summed E-state index contributed by atoms with van der Waals surface area (Å²) in [6, 6.07) is 25.1. The van der Waals surface area contributed by atoms with E-state index in [1.807, 2.05) is 18.2 Å². The highest BCUT2D eigenvalue weighted by Gasteiger charge is 1.99. The minimum atomic E-state index is 0.937. The molecule has 0 aliphatic carbocycles. The SMILES string of the molecule is c1ccc(NCCSNc2cccc3ccccc23)cc1. The van der Waals surface area contributed by atoms with Crippen LogP contribution in [0.2, 0.25) is 0 Å². The molecule has 0 aliphatic heterocycles. The largest absolute Gasteiger partial charge is 0.384 e. The molecule has 0 saturated heterocycles. The number of hydrogen-bond donors (Lipinski definition) is 2. The molecule has 3 aromatic rings. The monoisotopic (exact) mass is 294 g/mol. The van der Waals surface area contributed by atoms with E-state index in [0.717, 1.165) is 12.3 Å². The summed E-state index contributed by atoms with van der Waals surface area (Å²) in [7, 11) is 0. The van der Waals surface area contributed by atoms with Crippen molar-refractivity contribution in [3.8, 4) is 0 Å². The standard InChI is InChI=1S/C18H18N2S/c1-2-9-16(10-3-1)19-13-14-21-20-18-12-6-8-15-7-4-5-11-17(15)18/h1-12,19-20H,13-14H2. The summed E-state index contributed by atoms with van der Waals surface area (Å²) < 4.78 is 3.45. The van der Waals surface area contributed by atoms with Gasteiger partial charge in [0, 0.05) is 23.4 Å². The van der Waals surface area contributed by atoms with Crippen LogP contribution in [0.25, 0.3) is 10.8 Å². The maximum Gasteiger partial charge on any atom is 0.0519 e. The molecule has 3 rings (SSSR count). The molecule has 0 bridgehead atoms. The van der Waals surface area contributed by atoms with Crippen molar-refractivity contribution in [2.75, 3.05) is 22.3 Å². The quantitative estimate of drug-likeness (QED) is 0.493. The van der Waals surface area contributed by atoms with E-state index in [-0.39, 0.29) is 0 Å². The molecule has 0 unspecified atom stereocenters. The molecule has 0 amide bonds. The van der Waals surface area contributed by atoms with Crippen molar-refractivity contribution in [2.24, 2.45) is 0 Å². The predicted molar refractivity (Wildman–Crippen MR) is 95.0 cm³/mol. The fraction of sp³-hybridized carbons (Fsp3) is 0.111. The molecule has 106 valence electrons. The third-order valence-electron chi connectivity index (χ3n) is 3.28. The predicted octanol–water partition coefficient (Wildman–Crippen LogP) is 5.01. The van der Waals surface area contributed by atoms with Gasteiger partial charge in [0.2, 0.25) is 0 Å². The smallest absolute Gasteiger partial charge is 0.0519 e. The van der Waals surface area contributed by atoms with Crippen molar-refractivity contribution < 1.29 is 0 Å². The summed E-state index contributed by atoms with van der Waals surface area (Å²) >= 11 is 1.73. The molecule has 0 atom stereocenters. The molecule has 0 aromatic heterocycles. The average Bonchev–Trinajstić information content (AvgIpc) is 2.56. The number of fused-ring (bicyclic) bond motifs is 1. The van der Waals surface area contributed by atoms with E-state index in [4.69, 9.17) is 0 Å². The number of benzene rings is 3. The third-order valence-corrected chi connectivity index (χ3v) is 4.05. The van der Waals surface area contributed by atoms with Gasteiger partial charge in [-0.1, -0.05) is 66.5 Å². The molecule has 0 radical (unpaired) electrons. The van der Waals surface area contributed by atoms with Gasteiger partial charge < -0.3 is 10.0 Å². The Balaban J connectivity index is 1.51. The van der Waals surface area contributed by atoms with E-state index >= 15 is 0 Å². The van der Waals surface area contributed by atoms with E-state index < -0.39 is 0 Å². The molecule has 2 N–H and O–H groups in total. The highest BCUT2D eigenvalue weighted by molar-refractivity contribution is 8.00. The van der Waals surface area contributed by atoms with Crippen molar-refractivity contribution in [3.63, 3.8) is 0 Å². The second-order valence-electron chi connectivity index (χ2n) is 4.77. The lowest BCUT2D eigenvalue weighted by molar-refractivity contribution is 1.23. The van der Waals surface area contributed by atoms with Crippen LogP contribution in [-0.2, 0) is 0 Å². The van der Waals surface area contributed by atoms with Crippen molar-refractivity contribution in [1.29, 1.82) is 0 Å². The first kappa shape index (κ1) is 13.8. The van der Waals surface area contributed by atoms with Gasteiger partial charge in [0.05, 0.1) is 5.69 Å². The summed E-state index contributed by atoms with van der Waals surface area (Å²) in [6.45, 7) is 0.937. The van der Waals surface area contributed by atoms with Gasteiger partial charge in [-0.05, 0) is 23.6 Å². The van der Waals surface area contributed by atoms with E-state index in [1.165, 1.54) is 22.1 Å². The van der Waals surface area contributed by atoms with Gasteiger partial charge >= 0.3 is 0 Å². The Hall–Kier alpha value is -2.13. The molecule has 2 nitrogen and oxygen atoms in total. The Morgan fingerprint density at radius 2 is 1.52 bits per heavy atom. The number of rotatable bonds is 6. The van der Waals surface area contributed by atoms with Crippen LogP contribution >= 0.6 is 11.9 Å². The molecule has 0 saturated carbocycles. The second kappa shape index (κ2) is 7.04. The lowest BCUT2D eigenvalue weighted by Gasteiger charge is -2.10. The molecule has 0 fully saturated rings. The molecule has 0 heterocycles. The van der Waals surface area contributed by atoms with Crippen LogP contribution in [0.3, 0.4) is 0 Å². The van der Waals surface area contributed by atoms with Crippen LogP contribution in [0.5, 0.6) is 0 Å². The molecule has 21 heavy (non-hydrogen) atoms. The van der Waals surface area contributed by atoms with Crippen LogP contribution in [0, 0.1) is 0 Å². The minimum absolute atomic E-state index is 0.937. The maximum absolute atomic E-state index is 3.45. The van der Waals surface area contributed by atoms with Crippen LogP contribution in [0.4, 0.5) is 11.4 Å². The maximum atomic E-state index is 3.45. The fourth-order valence-corrected chi connectivity index (χ4v) is 2.89. The van der Waals surface area contributed by atoms with Crippen LogP contribution < -0.4 is 10.0 Å². The normalized spacial score (nSPS) is 10.5. The lowest BCUT2D eigenvalue weighted by Crippen LogP contribution is -2.05. The number of para-hydroxylation sites is 1. The van der Waals surface area contributed by atoms with E-state index in [9.17, 15) is 0 Å². The van der Waals surface area contributed by atoms with Crippen molar-refractivity contribution in [1.82, 2.24) is 0 Å². The van der Waals surface area contributed by atoms with Gasteiger partial charge in [-0.25, -0.2) is 0 Å². The highest BCUT2D eigenvalue weighted by atomic mass is 32.2. The van der Waals surface area contributed by atoms with E-state index in [1.54, 1.807) is 11.9 Å². The minimum Gasteiger partial charge on any atom is -0.384 e. The van der Waals surface area contributed by atoms with Gasteiger partial charge in [0.25, 0.3) is 0 Å². The molecular weight excluding hydrogens is 276 g/mol. The zero-order chi connectivity index (χ0) is 14.3. The number of nitrogens with one attached hydrogen (secondary N) is 2. The fourth-order valence-electron chi connectivity index (χ4n) is 2.25. The second-order valence-corrected chi connectivity index (χ2v) is 5.67. The Labute approximate surface area is 129 Å². The first-order chi connectivity index (χ1) is 10.4. The summed E-state index contributed by atoms with van der Waals surface area (Å²) in [6.07, 6.45) is 0. The van der Waals surface area contributed by atoms with E-state index in [2.05, 4.69) is 64.6 Å². The Morgan fingerprint density at radius 3 is 2.43 bits per heavy atom. The third kappa shape index (κ3) is 3.70. The Bertz CT molecular complexity index is 692.